The van der Waals surface area contributed by atoms with Crippen molar-refractivity contribution in [2.24, 2.45) is 5.92 Å². The summed E-state index contributed by atoms with van der Waals surface area (Å²) in [5.74, 6) is 0.754. The van der Waals surface area contributed by atoms with E-state index in [1.165, 1.54) is 17.0 Å². The highest BCUT2D eigenvalue weighted by molar-refractivity contribution is 7.09. The van der Waals surface area contributed by atoms with Crippen LogP contribution < -0.4 is 10.2 Å². The molecule has 150 valence electrons. The van der Waals surface area contributed by atoms with Gasteiger partial charge >= 0.3 is 0 Å². The summed E-state index contributed by atoms with van der Waals surface area (Å²) in [5.41, 5.74) is 1.55. The fourth-order valence-electron chi connectivity index (χ4n) is 3.55. The quantitative estimate of drug-likeness (QED) is 0.669. The minimum Gasteiger partial charge on any atom is -0.355 e. The van der Waals surface area contributed by atoms with Gasteiger partial charge < -0.3 is 10.2 Å². The van der Waals surface area contributed by atoms with Crippen LogP contribution in [0.1, 0.15) is 17.7 Å². The Morgan fingerprint density at radius 1 is 1.10 bits per heavy atom. The zero-order valence-electron chi connectivity index (χ0n) is 16.1. The van der Waals surface area contributed by atoms with E-state index in [1.54, 1.807) is 23.5 Å². The fraction of sp³-hybridized carbons (Fsp3) is 0.318. The lowest BCUT2D eigenvalue weighted by Gasteiger charge is -2.31. The third kappa shape index (κ3) is 4.98. The average molecular weight is 411 g/mol. The Morgan fingerprint density at radius 3 is 2.55 bits per heavy atom. The smallest absolute Gasteiger partial charge is 0.223 e. The lowest BCUT2D eigenvalue weighted by Crippen LogP contribution is -2.41. The second-order valence-corrected chi connectivity index (χ2v) is 8.20. The van der Waals surface area contributed by atoms with Crippen LogP contribution in [-0.4, -0.2) is 35.7 Å². The number of piperidine rings is 1. The average Bonchev–Trinajstić information content (AvgIpc) is 3.28. The van der Waals surface area contributed by atoms with Gasteiger partial charge in [-0.3, -0.25) is 4.79 Å². The van der Waals surface area contributed by atoms with E-state index < -0.39 is 0 Å². The summed E-state index contributed by atoms with van der Waals surface area (Å²) in [5, 5.41) is 13.7. The first-order valence-corrected chi connectivity index (χ1v) is 10.7. The topological polar surface area (TPSA) is 58.1 Å². The Bertz CT molecular complexity index is 920. The molecule has 3 heterocycles. The van der Waals surface area contributed by atoms with Gasteiger partial charge in [0.25, 0.3) is 0 Å². The van der Waals surface area contributed by atoms with E-state index >= 15 is 0 Å². The summed E-state index contributed by atoms with van der Waals surface area (Å²) in [4.78, 5) is 15.9. The summed E-state index contributed by atoms with van der Waals surface area (Å²) in [6.07, 6.45) is 2.51. The number of carbonyl (C=O) groups is 1. The zero-order valence-corrected chi connectivity index (χ0v) is 16.9. The molecule has 0 spiro atoms. The molecule has 1 fully saturated rings. The molecule has 29 heavy (non-hydrogen) atoms. The van der Waals surface area contributed by atoms with Crippen molar-refractivity contribution in [3.05, 3.63) is 64.6 Å². The first-order chi connectivity index (χ1) is 14.2. The molecule has 5 nitrogen and oxygen atoms in total. The molecule has 1 saturated heterocycles. The van der Waals surface area contributed by atoms with Crippen molar-refractivity contribution < 1.29 is 9.18 Å². The van der Waals surface area contributed by atoms with Crippen LogP contribution in [0.3, 0.4) is 0 Å². The maximum Gasteiger partial charge on any atom is 0.223 e. The molecule has 3 aromatic rings. The lowest BCUT2D eigenvalue weighted by atomic mass is 9.96. The van der Waals surface area contributed by atoms with Gasteiger partial charge in [0.15, 0.2) is 5.82 Å². The van der Waals surface area contributed by atoms with Gasteiger partial charge in [0.1, 0.15) is 5.82 Å². The molecule has 7 heteroatoms. The predicted octanol–water partition coefficient (Wildman–Crippen LogP) is 3.92. The summed E-state index contributed by atoms with van der Waals surface area (Å²) < 4.78 is 13.1. The molecule has 2 aromatic heterocycles. The maximum absolute atomic E-state index is 13.1. The number of halogens is 1. The molecule has 0 saturated carbocycles. The minimum absolute atomic E-state index is 0.0565. The van der Waals surface area contributed by atoms with E-state index in [0.717, 1.165) is 43.7 Å². The van der Waals surface area contributed by atoms with Gasteiger partial charge in [0.2, 0.25) is 5.91 Å². The van der Waals surface area contributed by atoms with Gasteiger partial charge in [-0.25, -0.2) is 4.39 Å². The van der Waals surface area contributed by atoms with Gasteiger partial charge in [-0.2, -0.15) is 0 Å². The Balaban J connectivity index is 1.26. The van der Waals surface area contributed by atoms with Gasteiger partial charge in [-0.05, 0) is 67.1 Å². The molecule has 0 atom stereocenters. The van der Waals surface area contributed by atoms with Gasteiger partial charge in [-0.1, -0.05) is 6.07 Å². The number of nitrogens with zero attached hydrogens (tertiary/aromatic N) is 3. The predicted molar refractivity (Wildman–Crippen MR) is 113 cm³/mol. The van der Waals surface area contributed by atoms with Crippen molar-refractivity contribution in [2.45, 2.75) is 19.3 Å². The number of nitrogens with one attached hydrogen (secondary N) is 1. The standard InChI is InChI=1S/C22H23FN4OS/c23-18-5-3-16(4-6-18)20-7-8-21(26-25-20)27-13-10-17(11-14-27)22(28)24-12-9-19-2-1-15-29-19/h1-8,15,17H,9-14H2,(H,24,28). The van der Waals surface area contributed by atoms with E-state index in [2.05, 4.69) is 31.9 Å². The first kappa shape index (κ1) is 19.5. The van der Waals surface area contributed by atoms with E-state index in [-0.39, 0.29) is 17.6 Å². The zero-order chi connectivity index (χ0) is 20.1. The number of carbonyl (C=O) groups excluding carboxylic acids is 1. The number of anilines is 1. The van der Waals surface area contributed by atoms with Crippen molar-refractivity contribution in [1.82, 2.24) is 15.5 Å². The Labute approximate surface area is 173 Å². The summed E-state index contributed by atoms with van der Waals surface area (Å²) in [6, 6.07) is 14.2. The van der Waals surface area contributed by atoms with Crippen molar-refractivity contribution in [3.63, 3.8) is 0 Å². The molecule has 4 rings (SSSR count). The van der Waals surface area contributed by atoms with E-state index in [1.807, 2.05) is 18.2 Å². The molecule has 0 radical (unpaired) electrons. The second kappa shape index (κ2) is 9.13. The first-order valence-electron chi connectivity index (χ1n) is 9.84. The molecule has 1 N–H and O–H groups in total. The number of aromatic nitrogens is 2. The number of rotatable bonds is 6. The monoisotopic (exact) mass is 410 g/mol. The fourth-order valence-corrected chi connectivity index (χ4v) is 4.26. The van der Waals surface area contributed by atoms with Crippen LogP contribution in [0.15, 0.2) is 53.9 Å². The number of hydrogen-bond acceptors (Lipinski definition) is 5. The van der Waals surface area contributed by atoms with Crippen LogP contribution in [0.25, 0.3) is 11.3 Å². The van der Waals surface area contributed by atoms with Crippen LogP contribution >= 0.6 is 11.3 Å². The van der Waals surface area contributed by atoms with E-state index in [4.69, 9.17) is 0 Å². The Morgan fingerprint density at radius 2 is 1.90 bits per heavy atom. The van der Waals surface area contributed by atoms with Gasteiger partial charge in [0.05, 0.1) is 5.69 Å². The molecular formula is C22H23FN4OS. The number of amides is 1. The molecular weight excluding hydrogens is 387 g/mol. The number of thiophene rings is 1. The largest absolute Gasteiger partial charge is 0.355 e. The van der Waals surface area contributed by atoms with E-state index in [0.29, 0.717) is 12.2 Å². The van der Waals surface area contributed by atoms with Crippen molar-refractivity contribution in [2.75, 3.05) is 24.5 Å². The highest BCUT2D eigenvalue weighted by atomic mass is 32.1. The summed E-state index contributed by atoms with van der Waals surface area (Å²) >= 11 is 1.72. The molecule has 1 amide bonds. The third-order valence-electron chi connectivity index (χ3n) is 5.23. The molecule has 0 aliphatic carbocycles. The van der Waals surface area contributed by atoms with Gasteiger partial charge in [0, 0.05) is 36.0 Å². The SMILES string of the molecule is O=C(NCCc1cccs1)C1CCN(c2ccc(-c3ccc(F)cc3)nn2)CC1. The normalized spacial score (nSPS) is 14.7. The maximum atomic E-state index is 13.1. The van der Waals surface area contributed by atoms with Crippen LogP contribution in [0.4, 0.5) is 10.2 Å². The van der Waals surface area contributed by atoms with Crippen molar-refractivity contribution in [3.8, 4) is 11.3 Å². The number of benzene rings is 1. The van der Waals surface area contributed by atoms with Crippen LogP contribution in [0.2, 0.25) is 0 Å². The minimum atomic E-state index is -0.267. The second-order valence-electron chi connectivity index (χ2n) is 7.17. The molecule has 1 aliphatic heterocycles. The highest BCUT2D eigenvalue weighted by Crippen LogP contribution is 2.23. The lowest BCUT2D eigenvalue weighted by molar-refractivity contribution is -0.125. The highest BCUT2D eigenvalue weighted by Gasteiger charge is 2.25. The Hall–Kier alpha value is -2.80. The third-order valence-corrected chi connectivity index (χ3v) is 6.17. The molecule has 0 unspecified atom stereocenters. The number of hydrogen-bond donors (Lipinski definition) is 1. The van der Waals surface area contributed by atoms with Crippen LogP contribution in [0.5, 0.6) is 0 Å². The van der Waals surface area contributed by atoms with Crippen molar-refractivity contribution in [1.29, 1.82) is 0 Å². The Kier molecular flexibility index (Phi) is 6.14. The summed E-state index contributed by atoms with van der Waals surface area (Å²) in [6.45, 7) is 2.26. The molecule has 1 aliphatic rings. The summed E-state index contributed by atoms with van der Waals surface area (Å²) in [7, 11) is 0. The molecule has 0 bridgehead atoms. The van der Waals surface area contributed by atoms with Crippen molar-refractivity contribution >= 4 is 23.1 Å². The van der Waals surface area contributed by atoms with E-state index in [9.17, 15) is 9.18 Å². The molecule has 1 aromatic carbocycles. The van der Waals surface area contributed by atoms with Crippen LogP contribution in [-0.2, 0) is 11.2 Å². The van der Waals surface area contributed by atoms with Crippen LogP contribution in [0, 0.1) is 11.7 Å². The van der Waals surface area contributed by atoms with Gasteiger partial charge in [-0.15, -0.1) is 21.5 Å².